The monoisotopic (exact) mass is 218 g/mol. The maximum atomic E-state index is 5.81. The van der Waals surface area contributed by atoms with E-state index in [0.717, 1.165) is 18.3 Å². The Morgan fingerprint density at radius 3 is 2.62 bits per heavy atom. The Kier molecular flexibility index (Phi) is 3.49. The van der Waals surface area contributed by atoms with Crippen LogP contribution in [0.25, 0.3) is 0 Å². The molecule has 1 aromatic carbocycles. The molecular formula is C14H22N2. The predicted octanol–water partition coefficient (Wildman–Crippen LogP) is 3.03. The molecule has 2 nitrogen and oxygen atoms in total. The van der Waals surface area contributed by atoms with E-state index in [1.807, 2.05) is 12.1 Å². The molecule has 0 heterocycles. The third kappa shape index (κ3) is 2.56. The van der Waals surface area contributed by atoms with Crippen molar-refractivity contribution in [2.24, 2.45) is 0 Å². The minimum absolute atomic E-state index is 0.617. The molecule has 0 aromatic heterocycles. The highest BCUT2D eigenvalue weighted by molar-refractivity contribution is 5.40. The van der Waals surface area contributed by atoms with Gasteiger partial charge in [-0.25, -0.2) is 0 Å². The van der Waals surface area contributed by atoms with E-state index in [2.05, 4.69) is 30.9 Å². The van der Waals surface area contributed by atoms with Crippen LogP contribution in [0.2, 0.25) is 0 Å². The fourth-order valence-electron chi connectivity index (χ4n) is 2.35. The first-order valence-corrected chi connectivity index (χ1v) is 6.27. The van der Waals surface area contributed by atoms with Gasteiger partial charge in [-0.15, -0.1) is 0 Å². The Balaban J connectivity index is 2.04. The van der Waals surface area contributed by atoms with Crippen LogP contribution in [0.1, 0.15) is 38.7 Å². The van der Waals surface area contributed by atoms with E-state index in [1.165, 1.54) is 24.8 Å². The third-order valence-electron chi connectivity index (χ3n) is 3.52. The normalized spacial score (nSPS) is 16.8. The van der Waals surface area contributed by atoms with Crippen LogP contribution in [0.3, 0.4) is 0 Å². The van der Waals surface area contributed by atoms with Crippen molar-refractivity contribution < 1.29 is 0 Å². The van der Waals surface area contributed by atoms with E-state index < -0.39 is 0 Å². The van der Waals surface area contributed by atoms with Crippen molar-refractivity contribution in [2.75, 3.05) is 5.73 Å². The average molecular weight is 218 g/mol. The molecule has 0 saturated heterocycles. The van der Waals surface area contributed by atoms with Crippen LogP contribution < -0.4 is 5.73 Å². The molecule has 0 amide bonds. The molecule has 2 heteroatoms. The summed E-state index contributed by atoms with van der Waals surface area (Å²) in [5.74, 6) is 0. The summed E-state index contributed by atoms with van der Waals surface area (Å²) >= 11 is 0. The summed E-state index contributed by atoms with van der Waals surface area (Å²) in [4.78, 5) is 2.60. The number of benzene rings is 1. The van der Waals surface area contributed by atoms with Gasteiger partial charge in [0.25, 0.3) is 0 Å². The lowest BCUT2D eigenvalue weighted by molar-refractivity contribution is 0.0865. The van der Waals surface area contributed by atoms with Gasteiger partial charge in [0.2, 0.25) is 0 Å². The lowest BCUT2D eigenvalue weighted by Gasteiger charge is -2.40. The quantitative estimate of drug-likeness (QED) is 0.787. The molecule has 1 fully saturated rings. The second kappa shape index (κ2) is 4.88. The third-order valence-corrected chi connectivity index (χ3v) is 3.52. The lowest BCUT2D eigenvalue weighted by Crippen LogP contribution is -2.43. The van der Waals surface area contributed by atoms with E-state index in [1.54, 1.807) is 0 Å². The Morgan fingerprint density at radius 2 is 2.12 bits per heavy atom. The van der Waals surface area contributed by atoms with Gasteiger partial charge in [0.1, 0.15) is 0 Å². The standard InChI is InChI=1S/C14H22N2/c1-11(2)16(14-7-4-8-14)10-12-5-3-6-13(15)9-12/h3,5-6,9,11,14H,4,7-8,10,15H2,1-2H3. The Bertz CT molecular complexity index is 342. The van der Waals surface area contributed by atoms with Crippen molar-refractivity contribution in [1.82, 2.24) is 4.90 Å². The van der Waals surface area contributed by atoms with Gasteiger partial charge in [0.05, 0.1) is 0 Å². The molecule has 2 N–H and O–H groups in total. The van der Waals surface area contributed by atoms with Crippen LogP contribution in [-0.4, -0.2) is 17.0 Å². The minimum Gasteiger partial charge on any atom is -0.399 e. The van der Waals surface area contributed by atoms with Crippen LogP contribution in [-0.2, 0) is 6.54 Å². The van der Waals surface area contributed by atoms with Crippen LogP contribution in [0.5, 0.6) is 0 Å². The van der Waals surface area contributed by atoms with Crippen molar-refractivity contribution in [3.8, 4) is 0 Å². The molecule has 1 aliphatic rings. The van der Waals surface area contributed by atoms with E-state index in [0.29, 0.717) is 6.04 Å². The number of nitrogens with zero attached hydrogens (tertiary/aromatic N) is 1. The van der Waals surface area contributed by atoms with E-state index >= 15 is 0 Å². The molecule has 1 aromatic rings. The Morgan fingerprint density at radius 1 is 1.38 bits per heavy atom. The number of nitrogen functional groups attached to an aromatic ring is 1. The SMILES string of the molecule is CC(C)N(Cc1cccc(N)c1)C1CCC1. The first-order chi connectivity index (χ1) is 7.66. The van der Waals surface area contributed by atoms with Gasteiger partial charge in [0, 0.05) is 24.3 Å². The van der Waals surface area contributed by atoms with Crippen LogP contribution in [0.4, 0.5) is 5.69 Å². The van der Waals surface area contributed by atoms with Crippen molar-refractivity contribution >= 4 is 5.69 Å². The highest BCUT2D eigenvalue weighted by atomic mass is 15.2. The lowest BCUT2D eigenvalue weighted by atomic mass is 9.90. The highest BCUT2D eigenvalue weighted by Gasteiger charge is 2.26. The molecule has 0 bridgehead atoms. The topological polar surface area (TPSA) is 29.3 Å². The van der Waals surface area contributed by atoms with Gasteiger partial charge in [-0.1, -0.05) is 18.6 Å². The van der Waals surface area contributed by atoms with Gasteiger partial charge in [-0.2, -0.15) is 0 Å². The van der Waals surface area contributed by atoms with Gasteiger partial charge < -0.3 is 5.73 Å². The van der Waals surface area contributed by atoms with Crippen LogP contribution in [0.15, 0.2) is 24.3 Å². The molecule has 2 rings (SSSR count). The summed E-state index contributed by atoms with van der Waals surface area (Å²) in [6, 6.07) is 9.67. The molecule has 0 atom stereocenters. The van der Waals surface area contributed by atoms with E-state index in [4.69, 9.17) is 5.73 Å². The van der Waals surface area contributed by atoms with Crippen molar-refractivity contribution in [1.29, 1.82) is 0 Å². The summed E-state index contributed by atoms with van der Waals surface area (Å²) in [5, 5.41) is 0. The minimum atomic E-state index is 0.617. The van der Waals surface area contributed by atoms with Crippen LogP contribution in [0, 0.1) is 0 Å². The van der Waals surface area contributed by atoms with Gasteiger partial charge in [-0.3, -0.25) is 4.90 Å². The summed E-state index contributed by atoms with van der Waals surface area (Å²) in [6.07, 6.45) is 4.12. The largest absolute Gasteiger partial charge is 0.399 e. The molecule has 0 aliphatic heterocycles. The van der Waals surface area contributed by atoms with Gasteiger partial charge >= 0.3 is 0 Å². The number of anilines is 1. The van der Waals surface area contributed by atoms with Crippen molar-refractivity contribution in [2.45, 2.75) is 51.7 Å². The van der Waals surface area contributed by atoms with Crippen molar-refractivity contribution in [3.05, 3.63) is 29.8 Å². The summed E-state index contributed by atoms with van der Waals surface area (Å²) in [5.41, 5.74) is 8.02. The predicted molar refractivity (Wildman–Crippen MR) is 69.2 cm³/mol. The summed E-state index contributed by atoms with van der Waals surface area (Å²) < 4.78 is 0. The first-order valence-electron chi connectivity index (χ1n) is 6.27. The molecule has 0 unspecified atom stereocenters. The fourth-order valence-corrected chi connectivity index (χ4v) is 2.35. The number of hydrogen-bond acceptors (Lipinski definition) is 2. The molecule has 1 saturated carbocycles. The zero-order chi connectivity index (χ0) is 11.5. The van der Waals surface area contributed by atoms with Crippen molar-refractivity contribution in [3.63, 3.8) is 0 Å². The van der Waals surface area contributed by atoms with Gasteiger partial charge in [-0.05, 0) is 44.4 Å². The second-order valence-corrected chi connectivity index (χ2v) is 5.10. The number of nitrogens with two attached hydrogens (primary N) is 1. The molecule has 0 spiro atoms. The smallest absolute Gasteiger partial charge is 0.0317 e. The van der Waals surface area contributed by atoms with E-state index in [9.17, 15) is 0 Å². The molecule has 88 valence electrons. The fraction of sp³-hybridized carbons (Fsp3) is 0.571. The molecular weight excluding hydrogens is 196 g/mol. The first kappa shape index (κ1) is 11.5. The van der Waals surface area contributed by atoms with Crippen LogP contribution >= 0.6 is 0 Å². The Labute approximate surface area is 98.4 Å². The second-order valence-electron chi connectivity index (χ2n) is 5.10. The zero-order valence-corrected chi connectivity index (χ0v) is 10.3. The average Bonchev–Trinajstić information content (AvgIpc) is 2.14. The maximum Gasteiger partial charge on any atom is 0.0317 e. The molecule has 16 heavy (non-hydrogen) atoms. The maximum absolute atomic E-state index is 5.81. The Hall–Kier alpha value is -1.02. The zero-order valence-electron chi connectivity index (χ0n) is 10.3. The molecule has 0 radical (unpaired) electrons. The van der Waals surface area contributed by atoms with Gasteiger partial charge in [0.15, 0.2) is 0 Å². The summed E-state index contributed by atoms with van der Waals surface area (Å²) in [6.45, 7) is 5.60. The molecule has 1 aliphatic carbocycles. The number of hydrogen-bond donors (Lipinski definition) is 1. The number of rotatable bonds is 4. The van der Waals surface area contributed by atoms with E-state index in [-0.39, 0.29) is 0 Å². The highest BCUT2D eigenvalue weighted by Crippen LogP contribution is 2.28. The summed E-state index contributed by atoms with van der Waals surface area (Å²) in [7, 11) is 0.